The van der Waals surface area contributed by atoms with Gasteiger partial charge < -0.3 is 9.64 Å². The number of benzene rings is 1. The van der Waals surface area contributed by atoms with E-state index in [2.05, 4.69) is 23.9 Å². The molecule has 0 unspecified atom stereocenters. The van der Waals surface area contributed by atoms with Gasteiger partial charge in [0.25, 0.3) is 5.91 Å². The van der Waals surface area contributed by atoms with Crippen molar-refractivity contribution in [3.8, 4) is 16.9 Å². The second-order valence-electron chi connectivity index (χ2n) is 7.15. The lowest BCUT2D eigenvalue weighted by Crippen LogP contribution is -2.42. The first kappa shape index (κ1) is 18.2. The average molecular weight is 376 g/mol. The zero-order valence-corrected chi connectivity index (χ0v) is 16.4. The number of amides is 1. The molecule has 0 spiro atoms. The van der Waals surface area contributed by atoms with Gasteiger partial charge >= 0.3 is 0 Å². The molecular weight excluding hydrogens is 352 g/mol. The number of hydrogen-bond acceptors (Lipinski definition) is 4. The molecule has 1 aliphatic rings. The number of carbonyl (C=O) groups is 1. The molecule has 28 heavy (non-hydrogen) atoms. The molecule has 0 saturated heterocycles. The van der Waals surface area contributed by atoms with Gasteiger partial charge in [0.15, 0.2) is 0 Å². The van der Waals surface area contributed by atoms with Crippen LogP contribution in [-0.4, -0.2) is 33.8 Å². The Morgan fingerprint density at radius 3 is 2.89 bits per heavy atom. The van der Waals surface area contributed by atoms with Gasteiger partial charge in [-0.2, -0.15) is 5.10 Å². The van der Waals surface area contributed by atoms with Crippen LogP contribution in [-0.2, 0) is 0 Å². The van der Waals surface area contributed by atoms with Crippen LogP contribution in [0.1, 0.15) is 42.5 Å². The van der Waals surface area contributed by atoms with Crippen LogP contribution in [0, 0.1) is 6.92 Å². The number of aromatic nitrogens is 3. The zero-order valence-electron chi connectivity index (χ0n) is 16.4. The molecule has 0 radical (unpaired) electrons. The lowest BCUT2D eigenvalue weighted by Gasteiger charge is -2.32. The Morgan fingerprint density at radius 1 is 1.25 bits per heavy atom. The van der Waals surface area contributed by atoms with Crippen LogP contribution in [0.2, 0.25) is 0 Å². The molecule has 6 heteroatoms. The van der Waals surface area contributed by atoms with Crippen molar-refractivity contribution in [3.05, 3.63) is 60.2 Å². The third kappa shape index (κ3) is 3.26. The Labute approximate surface area is 164 Å². The molecule has 1 amide bonds. The number of aryl methyl sites for hydroxylation is 1. The molecule has 3 aromatic rings. The van der Waals surface area contributed by atoms with Gasteiger partial charge in [-0.3, -0.25) is 14.5 Å². The van der Waals surface area contributed by atoms with Crippen molar-refractivity contribution in [2.45, 2.75) is 33.2 Å². The lowest BCUT2D eigenvalue weighted by molar-refractivity contribution is 0.0954. The van der Waals surface area contributed by atoms with Gasteiger partial charge in [-0.1, -0.05) is 13.0 Å². The molecule has 0 bridgehead atoms. The maximum atomic E-state index is 13.4. The second kappa shape index (κ2) is 7.46. The summed E-state index contributed by atoms with van der Waals surface area (Å²) < 4.78 is 7.58. The first-order valence-corrected chi connectivity index (χ1v) is 9.63. The predicted octanol–water partition coefficient (Wildman–Crippen LogP) is 4.26. The van der Waals surface area contributed by atoms with E-state index in [4.69, 9.17) is 4.74 Å². The number of pyridine rings is 1. The van der Waals surface area contributed by atoms with E-state index >= 15 is 0 Å². The van der Waals surface area contributed by atoms with E-state index in [0.29, 0.717) is 18.8 Å². The van der Waals surface area contributed by atoms with Gasteiger partial charge in [0.05, 0.1) is 18.8 Å². The smallest absolute Gasteiger partial charge is 0.277 e. The summed E-state index contributed by atoms with van der Waals surface area (Å²) in [5.41, 5.74) is 4.16. The fraction of sp³-hybridized carbons (Fsp3) is 0.318. The number of anilines is 1. The molecule has 144 valence electrons. The molecule has 4 rings (SSSR count). The number of nitrogens with zero attached hydrogens (tertiary/aromatic N) is 4. The molecular formula is C22H24N4O2. The van der Waals surface area contributed by atoms with Crippen LogP contribution in [0.4, 0.5) is 5.69 Å². The lowest BCUT2D eigenvalue weighted by atomic mass is 10.0. The summed E-state index contributed by atoms with van der Waals surface area (Å²) in [6.07, 6.45) is 4.48. The van der Waals surface area contributed by atoms with E-state index in [1.54, 1.807) is 12.4 Å². The minimum atomic E-state index is -0.0484. The van der Waals surface area contributed by atoms with E-state index in [-0.39, 0.29) is 11.9 Å². The van der Waals surface area contributed by atoms with E-state index < -0.39 is 0 Å². The van der Waals surface area contributed by atoms with Crippen LogP contribution in [0.25, 0.3) is 11.1 Å². The summed E-state index contributed by atoms with van der Waals surface area (Å²) in [6, 6.07) is 11.7. The number of rotatable bonds is 5. The highest BCUT2D eigenvalue weighted by Crippen LogP contribution is 2.33. The van der Waals surface area contributed by atoms with Gasteiger partial charge in [-0.15, -0.1) is 0 Å². The number of carbonyl (C=O) groups excluding carboxylic acids is 1. The van der Waals surface area contributed by atoms with Crippen molar-refractivity contribution in [2.24, 2.45) is 0 Å². The normalized spacial score (nSPS) is 16.2. The highest BCUT2D eigenvalue weighted by molar-refractivity contribution is 6.09. The van der Waals surface area contributed by atoms with Gasteiger partial charge in [0.2, 0.25) is 0 Å². The third-order valence-electron chi connectivity index (χ3n) is 4.92. The maximum Gasteiger partial charge on any atom is 0.277 e. The third-order valence-corrected chi connectivity index (χ3v) is 4.92. The minimum absolute atomic E-state index is 0.0484. The Bertz CT molecular complexity index is 1010. The van der Waals surface area contributed by atoms with Gasteiger partial charge in [0.1, 0.15) is 11.4 Å². The van der Waals surface area contributed by atoms with Crippen LogP contribution in [0.15, 0.2) is 48.8 Å². The molecule has 6 nitrogen and oxygen atoms in total. The van der Waals surface area contributed by atoms with E-state index in [9.17, 15) is 4.79 Å². The molecule has 0 saturated carbocycles. The topological polar surface area (TPSA) is 60.2 Å². The Hall–Kier alpha value is -3.15. The van der Waals surface area contributed by atoms with Crippen molar-refractivity contribution in [1.29, 1.82) is 0 Å². The minimum Gasteiger partial charge on any atom is -0.494 e. The first-order valence-electron chi connectivity index (χ1n) is 9.63. The molecule has 1 aliphatic heterocycles. The van der Waals surface area contributed by atoms with Crippen LogP contribution < -0.4 is 9.64 Å². The SMILES string of the molecule is CCCOc1cccc(N2C[C@H](C)n3ncc(-c4ccnc(C)c4)c3C2=O)c1. The summed E-state index contributed by atoms with van der Waals surface area (Å²) in [5, 5.41) is 4.50. The largest absolute Gasteiger partial charge is 0.494 e. The second-order valence-corrected chi connectivity index (χ2v) is 7.15. The van der Waals surface area contributed by atoms with Crippen LogP contribution >= 0.6 is 0 Å². The van der Waals surface area contributed by atoms with Crippen molar-refractivity contribution in [1.82, 2.24) is 14.8 Å². The Morgan fingerprint density at radius 2 is 2.11 bits per heavy atom. The Kier molecular flexibility index (Phi) is 4.86. The number of hydrogen-bond donors (Lipinski definition) is 0. The van der Waals surface area contributed by atoms with E-state index in [1.807, 2.05) is 52.9 Å². The van der Waals surface area contributed by atoms with Crippen molar-refractivity contribution >= 4 is 11.6 Å². The fourth-order valence-electron chi connectivity index (χ4n) is 3.57. The number of fused-ring (bicyclic) bond motifs is 1. The highest BCUT2D eigenvalue weighted by Gasteiger charge is 2.33. The quantitative estimate of drug-likeness (QED) is 0.667. The summed E-state index contributed by atoms with van der Waals surface area (Å²) >= 11 is 0. The molecule has 0 aliphatic carbocycles. The molecule has 1 aromatic carbocycles. The van der Waals surface area contributed by atoms with Crippen molar-refractivity contribution < 1.29 is 9.53 Å². The monoisotopic (exact) mass is 376 g/mol. The van der Waals surface area contributed by atoms with Gasteiger partial charge in [-0.25, -0.2) is 0 Å². The van der Waals surface area contributed by atoms with Crippen molar-refractivity contribution in [2.75, 3.05) is 18.1 Å². The van der Waals surface area contributed by atoms with Gasteiger partial charge in [-0.05, 0) is 50.1 Å². The standard InChI is InChI=1S/C22H24N4O2/c1-4-10-28-19-7-5-6-18(12-19)25-14-16(3)26-21(22(25)27)20(13-24-26)17-8-9-23-15(2)11-17/h5-9,11-13,16H,4,10,14H2,1-3H3/t16-/m0/s1. The summed E-state index contributed by atoms with van der Waals surface area (Å²) in [7, 11) is 0. The summed E-state index contributed by atoms with van der Waals surface area (Å²) in [4.78, 5) is 19.5. The van der Waals surface area contributed by atoms with Crippen molar-refractivity contribution in [3.63, 3.8) is 0 Å². The van der Waals surface area contributed by atoms with Gasteiger partial charge in [0, 0.05) is 35.8 Å². The molecule has 3 heterocycles. The average Bonchev–Trinajstić information content (AvgIpc) is 3.15. The van der Waals surface area contributed by atoms with E-state index in [0.717, 1.165) is 34.7 Å². The molecule has 1 atom stereocenters. The number of ether oxygens (including phenoxy) is 1. The first-order chi connectivity index (χ1) is 13.6. The zero-order chi connectivity index (χ0) is 19.7. The summed E-state index contributed by atoms with van der Waals surface area (Å²) in [6.45, 7) is 7.32. The Balaban J connectivity index is 1.73. The van der Waals surface area contributed by atoms with Crippen LogP contribution in [0.5, 0.6) is 5.75 Å². The molecule has 0 N–H and O–H groups in total. The molecule has 0 fully saturated rings. The highest BCUT2D eigenvalue weighted by atomic mass is 16.5. The predicted molar refractivity (Wildman–Crippen MR) is 109 cm³/mol. The maximum absolute atomic E-state index is 13.4. The molecule has 2 aromatic heterocycles. The van der Waals surface area contributed by atoms with E-state index in [1.165, 1.54) is 0 Å². The van der Waals surface area contributed by atoms with Crippen LogP contribution in [0.3, 0.4) is 0 Å². The fourth-order valence-corrected chi connectivity index (χ4v) is 3.57. The summed E-state index contributed by atoms with van der Waals surface area (Å²) in [5.74, 6) is 0.733.